The molecule has 1 aliphatic rings. The van der Waals surface area contributed by atoms with Crippen molar-refractivity contribution >= 4 is 24.0 Å². The summed E-state index contributed by atoms with van der Waals surface area (Å²) in [5.74, 6) is -1.11. The molecule has 41 heavy (non-hydrogen) atoms. The van der Waals surface area contributed by atoms with Crippen LogP contribution < -0.4 is 10.7 Å². The lowest BCUT2D eigenvalue weighted by molar-refractivity contribution is -0.157. The van der Waals surface area contributed by atoms with Gasteiger partial charge in [0.05, 0.1) is 6.54 Å². The summed E-state index contributed by atoms with van der Waals surface area (Å²) in [6.07, 6.45) is 0.673. The largest absolute Gasteiger partial charge is 0.458 e. The number of carbonyl (C=O) groups is 4. The van der Waals surface area contributed by atoms with Crippen LogP contribution in [0.15, 0.2) is 60.7 Å². The van der Waals surface area contributed by atoms with Gasteiger partial charge >= 0.3 is 18.1 Å². The molecule has 0 spiro atoms. The minimum absolute atomic E-state index is 0.0317. The molecule has 0 bridgehead atoms. The number of amides is 4. The van der Waals surface area contributed by atoms with E-state index in [1.54, 1.807) is 41.5 Å². The van der Waals surface area contributed by atoms with Gasteiger partial charge in [0, 0.05) is 13.0 Å². The fourth-order valence-corrected chi connectivity index (χ4v) is 4.36. The third-order valence-corrected chi connectivity index (χ3v) is 6.13. The summed E-state index contributed by atoms with van der Waals surface area (Å²) >= 11 is 0. The fraction of sp³-hybridized carbons (Fsp3) is 0.484. The Bertz CT molecular complexity index is 1190. The zero-order chi connectivity index (χ0) is 30.2. The van der Waals surface area contributed by atoms with Gasteiger partial charge in [-0.15, -0.1) is 0 Å². The molecular formula is C31H42N4O6. The van der Waals surface area contributed by atoms with Crippen molar-refractivity contribution in [3.63, 3.8) is 0 Å². The minimum Gasteiger partial charge on any atom is -0.458 e. The van der Waals surface area contributed by atoms with E-state index in [1.807, 2.05) is 60.7 Å². The smallest absolute Gasteiger partial charge is 0.410 e. The van der Waals surface area contributed by atoms with E-state index < -0.39 is 47.3 Å². The SMILES string of the molecule is CC(C)(C)OC(=O)[C@@H](Cc1ccccc1)NC(=O)N(Cc1ccccc1)NC(=O)C1CCCN1C(=O)OC(C)(C)C. The van der Waals surface area contributed by atoms with Gasteiger partial charge in [0.1, 0.15) is 23.3 Å². The van der Waals surface area contributed by atoms with Crippen molar-refractivity contribution in [2.75, 3.05) is 6.54 Å². The molecule has 3 rings (SSSR count). The molecule has 4 amide bonds. The molecule has 1 heterocycles. The number of nitrogens with zero attached hydrogens (tertiary/aromatic N) is 2. The van der Waals surface area contributed by atoms with E-state index in [2.05, 4.69) is 10.7 Å². The second-order valence-electron chi connectivity index (χ2n) is 12.1. The van der Waals surface area contributed by atoms with Gasteiger partial charge in [-0.2, -0.15) is 0 Å². The zero-order valence-electron chi connectivity index (χ0n) is 24.8. The van der Waals surface area contributed by atoms with E-state index in [0.717, 1.165) is 16.1 Å². The van der Waals surface area contributed by atoms with E-state index in [9.17, 15) is 19.2 Å². The molecule has 0 saturated carbocycles. The van der Waals surface area contributed by atoms with Crippen molar-refractivity contribution in [2.24, 2.45) is 0 Å². The maximum Gasteiger partial charge on any atom is 0.410 e. The lowest BCUT2D eigenvalue weighted by Gasteiger charge is -2.31. The van der Waals surface area contributed by atoms with Crippen molar-refractivity contribution < 1.29 is 28.7 Å². The Balaban J connectivity index is 1.82. The molecule has 222 valence electrons. The molecular weight excluding hydrogens is 524 g/mol. The Morgan fingerprint density at radius 1 is 0.878 bits per heavy atom. The van der Waals surface area contributed by atoms with Crippen LogP contribution in [0.1, 0.15) is 65.5 Å². The normalized spacial score (nSPS) is 16.0. The molecule has 2 aromatic carbocycles. The highest BCUT2D eigenvalue weighted by molar-refractivity contribution is 5.89. The lowest BCUT2D eigenvalue weighted by Crippen LogP contribution is -2.58. The number of hydrogen-bond acceptors (Lipinski definition) is 6. The average Bonchev–Trinajstić information content (AvgIpc) is 3.38. The van der Waals surface area contributed by atoms with Gasteiger partial charge in [0.2, 0.25) is 0 Å². The first-order valence-corrected chi connectivity index (χ1v) is 13.9. The maximum atomic E-state index is 13.7. The molecule has 2 aromatic rings. The second-order valence-corrected chi connectivity index (χ2v) is 12.1. The number of rotatable bonds is 7. The molecule has 2 N–H and O–H groups in total. The molecule has 1 saturated heterocycles. The predicted molar refractivity (Wildman–Crippen MR) is 154 cm³/mol. The van der Waals surface area contributed by atoms with E-state index >= 15 is 0 Å². The van der Waals surface area contributed by atoms with Crippen molar-refractivity contribution in [3.05, 3.63) is 71.8 Å². The number of nitrogens with one attached hydrogen (secondary N) is 2. The maximum absolute atomic E-state index is 13.7. The molecule has 0 aliphatic carbocycles. The van der Waals surface area contributed by atoms with Crippen LogP contribution in [0.4, 0.5) is 9.59 Å². The summed E-state index contributed by atoms with van der Waals surface area (Å²) in [6.45, 7) is 11.0. The summed E-state index contributed by atoms with van der Waals surface area (Å²) in [6, 6.07) is 15.9. The summed E-state index contributed by atoms with van der Waals surface area (Å²) < 4.78 is 11.1. The first-order chi connectivity index (χ1) is 19.2. The third kappa shape index (κ3) is 10.1. The predicted octanol–water partition coefficient (Wildman–Crippen LogP) is 4.58. The molecule has 10 nitrogen and oxygen atoms in total. The number of urea groups is 1. The van der Waals surface area contributed by atoms with Crippen LogP contribution in [0.25, 0.3) is 0 Å². The van der Waals surface area contributed by atoms with Gasteiger partial charge in [0.15, 0.2) is 0 Å². The van der Waals surface area contributed by atoms with Crippen LogP contribution >= 0.6 is 0 Å². The number of esters is 1. The molecule has 0 aromatic heterocycles. The monoisotopic (exact) mass is 566 g/mol. The van der Waals surface area contributed by atoms with Crippen LogP contribution in [0.3, 0.4) is 0 Å². The molecule has 1 aliphatic heterocycles. The van der Waals surface area contributed by atoms with Gasteiger partial charge in [-0.05, 0) is 65.5 Å². The number of carbonyl (C=O) groups excluding carboxylic acids is 4. The number of ether oxygens (including phenoxy) is 2. The van der Waals surface area contributed by atoms with Crippen LogP contribution in [0.2, 0.25) is 0 Å². The van der Waals surface area contributed by atoms with Gasteiger partial charge in [-0.25, -0.2) is 19.4 Å². The zero-order valence-corrected chi connectivity index (χ0v) is 24.8. The van der Waals surface area contributed by atoms with Gasteiger partial charge in [-0.3, -0.25) is 15.1 Å². The summed E-state index contributed by atoms with van der Waals surface area (Å²) in [5.41, 5.74) is 2.81. The van der Waals surface area contributed by atoms with Gasteiger partial charge in [0.25, 0.3) is 5.91 Å². The molecule has 1 fully saturated rings. The van der Waals surface area contributed by atoms with Crippen molar-refractivity contribution in [2.45, 2.75) is 90.6 Å². The van der Waals surface area contributed by atoms with Crippen molar-refractivity contribution in [1.82, 2.24) is 20.7 Å². The first kappa shape index (κ1) is 31.4. The topological polar surface area (TPSA) is 117 Å². The molecule has 1 unspecified atom stereocenters. The quantitative estimate of drug-likeness (QED) is 0.374. The highest BCUT2D eigenvalue weighted by Crippen LogP contribution is 2.21. The standard InChI is InChI=1S/C31H42N4O6/c1-30(2,3)40-27(37)24(20-22-14-9-7-10-15-22)32-28(38)35(21-23-16-11-8-12-17-23)33-26(36)25-18-13-19-34(25)29(39)41-31(4,5)6/h7-12,14-17,24-25H,13,18-21H2,1-6H3,(H,32,38)(H,33,36)/t24-,25?/m1/s1. The Morgan fingerprint density at radius 3 is 2.00 bits per heavy atom. The van der Waals surface area contributed by atoms with E-state index in [4.69, 9.17) is 9.47 Å². The van der Waals surface area contributed by atoms with Crippen LogP contribution in [-0.4, -0.2) is 63.7 Å². The van der Waals surface area contributed by atoms with E-state index in [0.29, 0.717) is 19.4 Å². The molecule has 0 radical (unpaired) electrons. The summed E-state index contributed by atoms with van der Waals surface area (Å²) in [7, 11) is 0. The lowest BCUT2D eigenvalue weighted by atomic mass is 10.1. The second kappa shape index (κ2) is 13.5. The average molecular weight is 567 g/mol. The molecule has 10 heteroatoms. The first-order valence-electron chi connectivity index (χ1n) is 13.9. The highest BCUT2D eigenvalue weighted by Gasteiger charge is 2.38. The Kier molecular flexibility index (Phi) is 10.4. The number of hydrogen-bond donors (Lipinski definition) is 2. The van der Waals surface area contributed by atoms with E-state index in [1.165, 1.54) is 4.90 Å². The van der Waals surface area contributed by atoms with Gasteiger partial charge < -0.3 is 14.8 Å². The summed E-state index contributed by atoms with van der Waals surface area (Å²) in [4.78, 5) is 54.4. The van der Waals surface area contributed by atoms with Gasteiger partial charge in [-0.1, -0.05) is 60.7 Å². The Hall–Kier alpha value is -4.08. The number of hydrazine groups is 1. The number of likely N-dealkylation sites (tertiary alicyclic amines) is 1. The molecule has 2 atom stereocenters. The van der Waals surface area contributed by atoms with Crippen LogP contribution in [-0.2, 0) is 32.0 Å². The number of benzene rings is 2. The van der Waals surface area contributed by atoms with Crippen LogP contribution in [0.5, 0.6) is 0 Å². The Labute approximate surface area is 242 Å². The minimum atomic E-state index is -1.01. The van der Waals surface area contributed by atoms with Crippen molar-refractivity contribution in [3.8, 4) is 0 Å². The van der Waals surface area contributed by atoms with Crippen molar-refractivity contribution in [1.29, 1.82) is 0 Å². The Morgan fingerprint density at radius 2 is 1.44 bits per heavy atom. The third-order valence-electron chi connectivity index (χ3n) is 6.13. The summed E-state index contributed by atoms with van der Waals surface area (Å²) in [5, 5.41) is 3.89. The highest BCUT2D eigenvalue weighted by atomic mass is 16.6. The fourth-order valence-electron chi connectivity index (χ4n) is 4.36. The van der Waals surface area contributed by atoms with Crippen LogP contribution in [0, 0.1) is 0 Å². The van der Waals surface area contributed by atoms with E-state index in [-0.39, 0.29) is 13.0 Å².